The number of aryl methyl sites for hydroxylation is 2. The summed E-state index contributed by atoms with van der Waals surface area (Å²) in [5.74, 6) is 0. The average molecular weight is 601 g/mol. The highest BCUT2D eigenvalue weighted by molar-refractivity contribution is 8.13. The second kappa shape index (κ2) is 14.2. The first-order chi connectivity index (χ1) is 18.1. The fourth-order valence-electron chi connectivity index (χ4n) is 4.44. The molecule has 216 valence electrons. The van der Waals surface area contributed by atoms with Crippen molar-refractivity contribution in [3.05, 3.63) is 58.7 Å². The molecule has 0 unspecified atom stereocenters. The van der Waals surface area contributed by atoms with Gasteiger partial charge in [-0.3, -0.25) is 9.59 Å². The topological polar surface area (TPSA) is 147 Å². The van der Waals surface area contributed by atoms with Crippen molar-refractivity contribution in [2.24, 2.45) is 5.73 Å². The van der Waals surface area contributed by atoms with Crippen LogP contribution in [0, 0.1) is 13.8 Å². The number of nitrogens with zero attached hydrogens (tertiary/aromatic N) is 2. The van der Waals surface area contributed by atoms with E-state index in [1.165, 1.54) is 11.8 Å². The van der Waals surface area contributed by atoms with Gasteiger partial charge in [0.25, 0.3) is 0 Å². The fourth-order valence-corrected chi connectivity index (χ4v) is 5.24. The summed E-state index contributed by atoms with van der Waals surface area (Å²) in [6, 6.07) is 11.7. The van der Waals surface area contributed by atoms with Crippen molar-refractivity contribution in [3.63, 3.8) is 0 Å². The van der Waals surface area contributed by atoms with E-state index < -0.39 is 19.1 Å². The summed E-state index contributed by atoms with van der Waals surface area (Å²) in [5, 5.41) is 0. The molecule has 2 aliphatic rings. The molecule has 2 aromatic carbocycles. The van der Waals surface area contributed by atoms with Gasteiger partial charge < -0.3 is 15.5 Å². The lowest BCUT2D eigenvalue weighted by Crippen LogP contribution is -2.36. The summed E-state index contributed by atoms with van der Waals surface area (Å²) >= 11 is 0. The van der Waals surface area contributed by atoms with Crippen molar-refractivity contribution in [2.75, 3.05) is 48.5 Å². The molecule has 2 saturated heterocycles. The van der Waals surface area contributed by atoms with Crippen LogP contribution in [0.15, 0.2) is 36.4 Å². The third-order valence-electron chi connectivity index (χ3n) is 6.10. The SMILES string of the molecule is CS(=O)(=O)Cl.Cc1ccc(C=O)c(N2CC[C@@H](N)C2)c1.Cc1ccc(C=O)c(N2CC[C@@H](NS(C)(=O)=O)C2)c1. The lowest BCUT2D eigenvalue weighted by Gasteiger charge is -2.21. The predicted molar refractivity (Wildman–Crippen MR) is 157 cm³/mol. The maximum absolute atomic E-state index is 11.2. The fraction of sp³-hybridized carbons (Fsp3) is 0.462. The number of hydrogen-bond donors (Lipinski definition) is 2. The Morgan fingerprint density at radius 3 is 1.67 bits per heavy atom. The molecule has 0 saturated carbocycles. The molecule has 2 aromatic rings. The van der Waals surface area contributed by atoms with Crippen LogP contribution in [0.3, 0.4) is 0 Å². The van der Waals surface area contributed by atoms with Crippen LogP contribution in [0.1, 0.15) is 44.7 Å². The van der Waals surface area contributed by atoms with Crippen molar-refractivity contribution in [2.45, 2.75) is 38.8 Å². The highest BCUT2D eigenvalue weighted by Crippen LogP contribution is 2.26. The lowest BCUT2D eigenvalue weighted by molar-refractivity contribution is 0.111. The molecule has 10 nitrogen and oxygen atoms in total. The molecule has 3 N–H and O–H groups in total. The zero-order valence-corrected chi connectivity index (χ0v) is 25.0. The predicted octanol–water partition coefficient (Wildman–Crippen LogP) is 2.47. The second-order valence-electron chi connectivity index (χ2n) is 9.86. The number of carbonyl (C=O) groups excluding carboxylic acids is 2. The Morgan fingerprint density at radius 1 is 0.846 bits per heavy atom. The Morgan fingerprint density at radius 2 is 1.28 bits per heavy atom. The maximum atomic E-state index is 11.2. The zero-order chi connectivity index (χ0) is 29.4. The minimum absolute atomic E-state index is 0.0879. The van der Waals surface area contributed by atoms with Gasteiger partial charge in [-0.25, -0.2) is 21.6 Å². The van der Waals surface area contributed by atoms with Crippen molar-refractivity contribution in [1.82, 2.24) is 4.72 Å². The average Bonchev–Trinajstić information content (AvgIpc) is 3.46. The molecule has 4 rings (SSSR count). The first-order valence-electron chi connectivity index (χ1n) is 12.3. The molecule has 2 atom stereocenters. The van der Waals surface area contributed by atoms with Crippen LogP contribution in [0.5, 0.6) is 0 Å². The number of halogens is 1. The Kier molecular flexibility index (Phi) is 11.9. The summed E-state index contributed by atoms with van der Waals surface area (Å²) in [6.45, 7) is 7.15. The third kappa shape index (κ3) is 11.6. The van der Waals surface area contributed by atoms with Gasteiger partial charge in [-0.1, -0.05) is 12.1 Å². The van der Waals surface area contributed by atoms with Gasteiger partial charge in [0.05, 0.1) is 12.5 Å². The summed E-state index contributed by atoms with van der Waals surface area (Å²) < 4.78 is 43.9. The van der Waals surface area contributed by atoms with Crippen LogP contribution >= 0.6 is 10.7 Å². The largest absolute Gasteiger partial charge is 0.369 e. The molecule has 0 aromatic heterocycles. The standard InChI is InChI=1S/C13H18N2O3S.C12H16N2O.CH3ClO2S/c1-10-3-4-11(9-16)13(7-10)15-6-5-12(8-15)14-19(2,17)18;1-9-2-3-10(8-15)12(6-9)14-5-4-11(13)7-14;1-5(2,3)4/h3-4,7,9,12,14H,5-6,8H2,1-2H3;2-3,6,8,11H,4-5,7,13H2,1H3;1H3/t12-;11-;/m11./s1. The van der Waals surface area contributed by atoms with E-state index in [1.807, 2.05) is 38.1 Å². The molecule has 0 spiro atoms. The Balaban J connectivity index is 0.000000238. The molecule has 39 heavy (non-hydrogen) atoms. The minimum atomic E-state index is -3.19. The number of benzene rings is 2. The number of rotatable bonds is 6. The van der Waals surface area contributed by atoms with Crippen LogP contribution in [0.2, 0.25) is 0 Å². The monoisotopic (exact) mass is 600 g/mol. The molecule has 13 heteroatoms. The molecule has 2 heterocycles. The summed E-state index contributed by atoms with van der Waals surface area (Å²) in [4.78, 5) is 26.2. The smallest absolute Gasteiger partial charge is 0.229 e. The summed E-state index contributed by atoms with van der Waals surface area (Å²) in [7, 11) is -1.88. The highest BCUT2D eigenvalue weighted by Gasteiger charge is 2.26. The van der Waals surface area contributed by atoms with E-state index in [4.69, 9.17) is 5.73 Å². The maximum Gasteiger partial charge on any atom is 0.229 e. The van der Waals surface area contributed by atoms with Crippen molar-refractivity contribution >= 4 is 53.7 Å². The van der Waals surface area contributed by atoms with Crippen LogP contribution in [0.25, 0.3) is 0 Å². The van der Waals surface area contributed by atoms with Crippen LogP contribution < -0.4 is 20.3 Å². The van der Waals surface area contributed by atoms with E-state index in [0.29, 0.717) is 12.1 Å². The van der Waals surface area contributed by atoms with Gasteiger partial charge >= 0.3 is 0 Å². The zero-order valence-electron chi connectivity index (χ0n) is 22.6. The van der Waals surface area contributed by atoms with Gasteiger partial charge in [-0.05, 0) is 62.1 Å². The first-order valence-corrected chi connectivity index (χ1v) is 16.9. The lowest BCUT2D eigenvalue weighted by atomic mass is 10.1. The number of nitrogens with one attached hydrogen (secondary N) is 1. The van der Waals surface area contributed by atoms with Crippen molar-refractivity contribution in [3.8, 4) is 0 Å². The quantitative estimate of drug-likeness (QED) is 0.377. The molecule has 2 fully saturated rings. The van der Waals surface area contributed by atoms with E-state index >= 15 is 0 Å². The van der Waals surface area contributed by atoms with E-state index in [9.17, 15) is 26.4 Å². The highest BCUT2D eigenvalue weighted by atomic mass is 35.7. The Hall–Kier alpha value is -2.51. The molecule has 0 radical (unpaired) electrons. The normalized spacial score (nSPS) is 19.0. The second-order valence-corrected chi connectivity index (χ2v) is 14.7. The van der Waals surface area contributed by atoms with Crippen LogP contribution in [-0.2, 0) is 19.1 Å². The first kappa shape index (κ1) is 32.7. The summed E-state index contributed by atoms with van der Waals surface area (Å²) in [5.41, 5.74) is 11.4. The van der Waals surface area contributed by atoms with Crippen molar-refractivity contribution in [1.29, 1.82) is 0 Å². The van der Waals surface area contributed by atoms with E-state index in [-0.39, 0.29) is 12.1 Å². The number of sulfonamides is 1. The van der Waals surface area contributed by atoms with Gasteiger partial charge in [0.2, 0.25) is 19.1 Å². The molecule has 0 bridgehead atoms. The van der Waals surface area contributed by atoms with Crippen molar-refractivity contribution < 1.29 is 26.4 Å². The van der Waals surface area contributed by atoms with Crippen LogP contribution in [-0.4, -0.2) is 80.2 Å². The number of carbonyl (C=O) groups is 2. The van der Waals surface area contributed by atoms with Crippen LogP contribution in [0.4, 0.5) is 11.4 Å². The van der Waals surface area contributed by atoms with E-state index in [1.54, 1.807) is 6.07 Å². The molecule has 2 aliphatic heterocycles. The van der Waals surface area contributed by atoms with E-state index in [2.05, 4.69) is 31.3 Å². The molecule has 0 amide bonds. The van der Waals surface area contributed by atoms with Gasteiger partial charge in [0.15, 0.2) is 12.6 Å². The third-order valence-corrected chi connectivity index (χ3v) is 6.86. The van der Waals surface area contributed by atoms with Gasteiger partial charge in [-0.15, -0.1) is 0 Å². The number of anilines is 2. The molecular weight excluding hydrogens is 564 g/mol. The minimum Gasteiger partial charge on any atom is -0.369 e. The van der Waals surface area contributed by atoms with Gasteiger partial charge in [0, 0.05) is 71.4 Å². The Labute approximate surface area is 236 Å². The van der Waals surface area contributed by atoms with Gasteiger partial charge in [-0.2, -0.15) is 0 Å². The van der Waals surface area contributed by atoms with Gasteiger partial charge in [0.1, 0.15) is 0 Å². The molecule has 0 aliphatic carbocycles. The number of hydrogen-bond acceptors (Lipinski definition) is 9. The number of aldehydes is 2. The Bertz CT molecular complexity index is 1360. The van der Waals surface area contributed by atoms with E-state index in [0.717, 1.165) is 73.8 Å². The molecular formula is C26H37ClN4O6S2. The number of nitrogens with two attached hydrogens (primary N) is 1. The summed E-state index contributed by atoms with van der Waals surface area (Å²) in [6.07, 6.45) is 5.60.